The maximum absolute atomic E-state index is 12.1. The number of ether oxygens (including phenoxy) is 1. The van der Waals surface area contributed by atoms with Gasteiger partial charge in [-0.1, -0.05) is 6.07 Å². The highest BCUT2D eigenvalue weighted by Crippen LogP contribution is 2.15. The Bertz CT molecular complexity index is 728. The Morgan fingerprint density at radius 3 is 2.55 bits per heavy atom. The van der Waals surface area contributed by atoms with Crippen molar-refractivity contribution >= 4 is 15.9 Å². The van der Waals surface area contributed by atoms with Gasteiger partial charge in [-0.3, -0.25) is 9.78 Å². The molecule has 0 aliphatic rings. The van der Waals surface area contributed by atoms with Crippen molar-refractivity contribution in [2.24, 2.45) is 0 Å². The number of pyridine rings is 1. The van der Waals surface area contributed by atoms with Gasteiger partial charge in [0.15, 0.2) is 0 Å². The minimum atomic E-state index is -3.89. The predicted octanol–water partition coefficient (Wildman–Crippen LogP) is 1.53. The smallest absolute Gasteiger partial charge is 0.264 e. The average Bonchev–Trinajstić information content (AvgIpc) is 2.48. The number of amides is 1. The summed E-state index contributed by atoms with van der Waals surface area (Å²) in [4.78, 5) is 15.7. The van der Waals surface area contributed by atoms with Crippen molar-refractivity contribution in [3.05, 3.63) is 54.4 Å². The summed E-state index contributed by atoms with van der Waals surface area (Å²) in [5.74, 6) is -0.0370. The van der Waals surface area contributed by atoms with E-state index in [-0.39, 0.29) is 11.3 Å². The first-order chi connectivity index (χ1) is 10.5. The summed E-state index contributed by atoms with van der Waals surface area (Å²) in [6.07, 6.45) is 3.05. The lowest BCUT2D eigenvalue weighted by Gasteiger charge is -2.08. The molecule has 1 N–H and O–H groups in total. The molecular formula is C15H16N2O4S. The van der Waals surface area contributed by atoms with Crippen molar-refractivity contribution in [3.63, 3.8) is 0 Å². The zero-order valence-electron chi connectivity index (χ0n) is 12.0. The fourth-order valence-corrected chi connectivity index (χ4v) is 2.80. The van der Waals surface area contributed by atoms with Crippen LogP contribution in [0.5, 0.6) is 5.75 Å². The summed E-state index contributed by atoms with van der Waals surface area (Å²) in [5, 5.41) is 0. The molecule has 0 fully saturated rings. The van der Waals surface area contributed by atoms with Gasteiger partial charge < -0.3 is 4.74 Å². The van der Waals surface area contributed by atoms with Crippen LogP contribution in [0.15, 0.2) is 53.7 Å². The van der Waals surface area contributed by atoms with E-state index in [4.69, 9.17) is 4.74 Å². The number of aromatic nitrogens is 1. The second-order valence-corrected chi connectivity index (χ2v) is 6.15. The molecule has 0 atom stereocenters. The highest BCUT2D eigenvalue weighted by Gasteiger charge is 2.17. The molecular weight excluding hydrogens is 304 g/mol. The summed E-state index contributed by atoms with van der Waals surface area (Å²) in [5.41, 5.74) is 0.641. The maximum Gasteiger partial charge on any atom is 0.264 e. The molecule has 2 aromatic rings. The molecule has 0 saturated carbocycles. The van der Waals surface area contributed by atoms with Gasteiger partial charge in [0.25, 0.3) is 10.0 Å². The molecule has 116 valence electrons. The van der Waals surface area contributed by atoms with Crippen LogP contribution in [0.25, 0.3) is 0 Å². The van der Waals surface area contributed by atoms with Gasteiger partial charge in [-0.2, -0.15) is 0 Å². The average molecular weight is 320 g/mol. The number of hydrogen-bond acceptors (Lipinski definition) is 5. The summed E-state index contributed by atoms with van der Waals surface area (Å²) in [7, 11) is -3.89. The third-order valence-corrected chi connectivity index (χ3v) is 4.17. The Morgan fingerprint density at radius 1 is 1.23 bits per heavy atom. The third-order valence-electron chi connectivity index (χ3n) is 2.78. The van der Waals surface area contributed by atoms with Crippen molar-refractivity contribution in [1.82, 2.24) is 9.71 Å². The van der Waals surface area contributed by atoms with Gasteiger partial charge in [0, 0.05) is 12.4 Å². The summed E-state index contributed by atoms with van der Waals surface area (Å²) in [6, 6.07) is 9.27. The third kappa shape index (κ3) is 4.29. The van der Waals surface area contributed by atoms with Crippen molar-refractivity contribution in [1.29, 1.82) is 0 Å². The number of carbonyl (C=O) groups excluding carboxylic acids is 1. The number of nitrogens with one attached hydrogen (secondary N) is 1. The first-order valence-electron chi connectivity index (χ1n) is 6.68. The molecule has 0 unspecified atom stereocenters. The van der Waals surface area contributed by atoms with Crippen LogP contribution in [0, 0.1) is 0 Å². The predicted molar refractivity (Wildman–Crippen MR) is 80.9 cm³/mol. The van der Waals surface area contributed by atoms with E-state index in [0.29, 0.717) is 17.9 Å². The molecule has 0 aliphatic heterocycles. The van der Waals surface area contributed by atoms with E-state index in [0.717, 1.165) is 0 Å². The van der Waals surface area contributed by atoms with Gasteiger partial charge in [-0.15, -0.1) is 0 Å². The molecule has 0 saturated heterocycles. The fraction of sp³-hybridized carbons (Fsp3) is 0.200. The lowest BCUT2D eigenvalue weighted by atomic mass is 10.2. The molecule has 7 heteroatoms. The van der Waals surface area contributed by atoms with E-state index in [2.05, 4.69) is 4.98 Å². The first-order valence-corrected chi connectivity index (χ1v) is 8.17. The van der Waals surface area contributed by atoms with Crippen molar-refractivity contribution in [2.45, 2.75) is 18.2 Å². The molecule has 1 heterocycles. The van der Waals surface area contributed by atoms with Crippen molar-refractivity contribution in [3.8, 4) is 5.75 Å². The van der Waals surface area contributed by atoms with Gasteiger partial charge in [0.1, 0.15) is 5.75 Å². The van der Waals surface area contributed by atoms with Crippen molar-refractivity contribution < 1.29 is 17.9 Å². The molecule has 0 radical (unpaired) electrons. The molecule has 1 aromatic heterocycles. The molecule has 0 aliphatic carbocycles. The number of benzene rings is 1. The number of nitrogens with zero attached hydrogens (tertiary/aromatic N) is 1. The second kappa shape index (κ2) is 7.04. The van der Waals surface area contributed by atoms with E-state index >= 15 is 0 Å². The topological polar surface area (TPSA) is 85.4 Å². The summed E-state index contributed by atoms with van der Waals surface area (Å²) in [6.45, 7) is 2.33. The Kier molecular flexibility index (Phi) is 5.11. The van der Waals surface area contributed by atoms with Crippen LogP contribution < -0.4 is 9.46 Å². The highest BCUT2D eigenvalue weighted by molar-refractivity contribution is 7.90. The fourth-order valence-electron chi connectivity index (χ4n) is 1.81. The lowest BCUT2D eigenvalue weighted by Crippen LogP contribution is -2.31. The highest BCUT2D eigenvalue weighted by atomic mass is 32.2. The van der Waals surface area contributed by atoms with Gasteiger partial charge in [-0.25, -0.2) is 13.1 Å². The monoisotopic (exact) mass is 320 g/mol. The SMILES string of the molecule is CCOc1ccc(S(=O)(=O)NC(=O)Cc2cccnc2)cc1. The molecule has 1 amide bonds. The van der Waals surface area contributed by atoms with E-state index in [1.165, 1.54) is 18.3 Å². The second-order valence-electron chi connectivity index (χ2n) is 4.47. The Hall–Kier alpha value is -2.41. The van der Waals surface area contributed by atoms with Crippen LogP contribution in [0.4, 0.5) is 0 Å². The van der Waals surface area contributed by atoms with Crippen LogP contribution in [-0.2, 0) is 21.2 Å². The lowest BCUT2D eigenvalue weighted by molar-refractivity contribution is -0.118. The Morgan fingerprint density at radius 2 is 1.95 bits per heavy atom. The largest absolute Gasteiger partial charge is 0.494 e. The van der Waals surface area contributed by atoms with E-state index in [1.54, 1.807) is 30.5 Å². The number of rotatable bonds is 6. The number of carbonyl (C=O) groups is 1. The minimum absolute atomic E-state index is 0.00971. The summed E-state index contributed by atoms with van der Waals surface area (Å²) >= 11 is 0. The van der Waals surface area contributed by atoms with E-state index in [1.807, 2.05) is 11.6 Å². The molecule has 22 heavy (non-hydrogen) atoms. The van der Waals surface area contributed by atoms with Gasteiger partial charge >= 0.3 is 0 Å². The molecule has 6 nitrogen and oxygen atoms in total. The van der Waals surface area contributed by atoms with Crippen molar-refractivity contribution in [2.75, 3.05) is 6.61 Å². The van der Waals surface area contributed by atoms with Crippen LogP contribution in [0.1, 0.15) is 12.5 Å². The molecule has 0 spiro atoms. The van der Waals surface area contributed by atoms with Gasteiger partial charge in [0.05, 0.1) is 17.9 Å². The maximum atomic E-state index is 12.1. The van der Waals surface area contributed by atoms with Gasteiger partial charge in [-0.05, 0) is 42.8 Å². The first kappa shape index (κ1) is 16.0. The van der Waals surface area contributed by atoms with Crippen LogP contribution in [0.3, 0.4) is 0 Å². The zero-order valence-corrected chi connectivity index (χ0v) is 12.8. The number of sulfonamides is 1. The van der Waals surface area contributed by atoms with E-state index < -0.39 is 15.9 Å². The number of hydrogen-bond donors (Lipinski definition) is 1. The standard InChI is InChI=1S/C15H16N2O4S/c1-2-21-13-5-7-14(8-6-13)22(19,20)17-15(18)10-12-4-3-9-16-11-12/h3-9,11H,2,10H2,1H3,(H,17,18). The Balaban J connectivity index is 2.05. The Labute approximate surface area is 129 Å². The summed E-state index contributed by atoms with van der Waals surface area (Å²) < 4.78 is 31.5. The zero-order chi connectivity index (χ0) is 16.0. The molecule has 0 bridgehead atoms. The quantitative estimate of drug-likeness (QED) is 0.872. The molecule has 2 rings (SSSR count). The molecule has 1 aromatic carbocycles. The van der Waals surface area contributed by atoms with E-state index in [9.17, 15) is 13.2 Å². The minimum Gasteiger partial charge on any atom is -0.494 e. The van der Waals surface area contributed by atoms with Gasteiger partial charge in [0.2, 0.25) is 5.91 Å². The van der Waals surface area contributed by atoms with Crippen LogP contribution >= 0.6 is 0 Å². The van der Waals surface area contributed by atoms with Crippen LogP contribution in [0.2, 0.25) is 0 Å². The normalized spacial score (nSPS) is 11.0. The van der Waals surface area contributed by atoms with Crippen LogP contribution in [-0.4, -0.2) is 25.9 Å².